The maximum atomic E-state index is 13.3. The first-order chi connectivity index (χ1) is 13.3. The number of carbonyl (C=O) groups excluding carboxylic acids is 1. The second-order valence-corrected chi connectivity index (χ2v) is 8.04. The third-order valence-corrected chi connectivity index (χ3v) is 6.05. The summed E-state index contributed by atoms with van der Waals surface area (Å²) in [5, 5.41) is 0. The lowest BCUT2D eigenvalue weighted by Crippen LogP contribution is -2.45. The first-order valence-corrected chi connectivity index (χ1v) is 10.0. The van der Waals surface area contributed by atoms with E-state index in [0.717, 1.165) is 54.1 Å². The highest BCUT2D eigenvalue weighted by Gasteiger charge is 2.49. The minimum atomic E-state index is -0.281. The Balaban J connectivity index is 2.03. The minimum Gasteiger partial charge on any atom is -0.497 e. The molecule has 2 amide bonds. The molecule has 28 heavy (non-hydrogen) atoms. The van der Waals surface area contributed by atoms with Gasteiger partial charge in [0.15, 0.2) is 0 Å². The number of methoxy groups -OCH3 is 2. The van der Waals surface area contributed by atoms with Gasteiger partial charge in [-0.05, 0) is 64.4 Å². The summed E-state index contributed by atoms with van der Waals surface area (Å²) in [5.74, 6) is 1.59. The Labute approximate surface area is 168 Å². The number of urea groups is 1. The van der Waals surface area contributed by atoms with Gasteiger partial charge in [-0.2, -0.15) is 0 Å². The van der Waals surface area contributed by atoms with Gasteiger partial charge in [0.25, 0.3) is 0 Å². The molecule has 0 bridgehead atoms. The number of fused-ring (bicyclic) bond motifs is 2. The minimum absolute atomic E-state index is 0.0876. The topological polar surface area (TPSA) is 45.3 Å². The highest BCUT2D eigenvalue weighted by Crippen LogP contribution is 2.42. The molecular weight excluding hydrogens is 354 g/mol. The molecule has 0 aliphatic carbocycles. The molecule has 1 aromatic rings. The van der Waals surface area contributed by atoms with Crippen molar-refractivity contribution in [3.8, 4) is 11.5 Å². The van der Waals surface area contributed by atoms with Gasteiger partial charge in [0.1, 0.15) is 11.5 Å². The Hall–Kier alpha value is -2.21. The summed E-state index contributed by atoms with van der Waals surface area (Å²) in [6.45, 7) is 6.45. The van der Waals surface area contributed by atoms with Crippen LogP contribution in [0.3, 0.4) is 0 Å². The van der Waals surface area contributed by atoms with Gasteiger partial charge < -0.3 is 19.3 Å². The molecule has 2 aliphatic heterocycles. The van der Waals surface area contributed by atoms with Crippen LogP contribution < -0.4 is 9.47 Å². The van der Waals surface area contributed by atoms with E-state index in [-0.39, 0.29) is 11.6 Å². The number of benzene rings is 1. The number of hydrogen-bond acceptors (Lipinski definition) is 4. The van der Waals surface area contributed by atoms with Gasteiger partial charge in [0, 0.05) is 24.9 Å². The van der Waals surface area contributed by atoms with Crippen LogP contribution in [0.4, 0.5) is 4.79 Å². The van der Waals surface area contributed by atoms with E-state index < -0.39 is 0 Å². The fourth-order valence-electron chi connectivity index (χ4n) is 4.48. The number of nitrogens with zero attached hydrogens (tertiary/aromatic N) is 3. The van der Waals surface area contributed by atoms with Crippen LogP contribution in [0.15, 0.2) is 23.9 Å². The Morgan fingerprint density at radius 3 is 2.57 bits per heavy atom. The Morgan fingerprint density at radius 1 is 1.21 bits per heavy atom. The molecule has 2 aliphatic rings. The van der Waals surface area contributed by atoms with Crippen molar-refractivity contribution in [2.75, 3.05) is 41.4 Å². The van der Waals surface area contributed by atoms with Crippen molar-refractivity contribution in [1.29, 1.82) is 0 Å². The molecule has 154 valence electrons. The number of rotatable bonds is 6. The third-order valence-electron chi connectivity index (χ3n) is 6.05. The van der Waals surface area contributed by atoms with E-state index in [4.69, 9.17) is 9.47 Å². The zero-order valence-electron chi connectivity index (χ0n) is 18.0. The molecule has 1 unspecified atom stereocenters. The Kier molecular flexibility index (Phi) is 5.89. The third kappa shape index (κ3) is 3.46. The van der Waals surface area contributed by atoms with Crippen LogP contribution in [0.25, 0.3) is 0 Å². The lowest BCUT2D eigenvalue weighted by atomic mass is 9.89. The van der Waals surface area contributed by atoms with Crippen LogP contribution in [0.5, 0.6) is 11.5 Å². The van der Waals surface area contributed by atoms with E-state index in [1.165, 1.54) is 0 Å². The van der Waals surface area contributed by atoms with Gasteiger partial charge in [0.05, 0.1) is 26.3 Å². The normalized spacial score (nSPS) is 23.7. The van der Waals surface area contributed by atoms with Gasteiger partial charge in [-0.25, -0.2) is 4.79 Å². The smallest absolute Gasteiger partial charge is 0.325 e. The van der Waals surface area contributed by atoms with E-state index >= 15 is 0 Å². The van der Waals surface area contributed by atoms with Crippen molar-refractivity contribution in [2.24, 2.45) is 0 Å². The first-order valence-electron chi connectivity index (χ1n) is 10.0. The summed E-state index contributed by atoms with van der Waals surface area (Å²) in [6, 6.07) is 4.06. The van der Waals surface area contributed by atoms with Crippen molar-refractivity contribution in [3.05, 3.63) is 35.0 Å². The van der Waals surface area contributed by atoms with E-state index in [1.807, 2.05) is 21.9 Å². The molecule has 0 aromatic heterocycles. The lowest BCUT2D eigenvalue weighted by molar-refractivity contribution is 0.160. The number of likely N-dealkylation sites (N-methyl/N-ethyl adjacent to an activating group) is 1. The zero-order chi connectivity index (χ0) is 20.5. The molecule has 0 N–H and O–H groups in total. The zero-order valence-corrected chi connectivity index (χ0v) is 18.0. The molecule has 1 fully saturated rings. The van der Waals surface area contributed by atoms with Crippen molar-refractivity contribution in [1.82, 2.24) is 14.7 Å². The largest absolute Gasteiger partial charge is 0.497 e. The van der Waals surface area contributed by atoms with Crippen LogP contribution in [0, 0.1) is 0 Å². The molecular formula is C22H33N3O3. The van der Waals surface area contributed by atoms with Gasteiger partial charge >= 0.3 is 6.03 Å². The van der Waals surface area contributed by atoms with E-state index in [9.17, 15) is 4.79 Å². The number of allylic oxidation sites excluding steroid dienone is 1. The highest BCUT2D eigenvalue weighted by molar-refractivity contribution is 5.82. The van der Waals surface area contributed by atoms with E-state index in [1.54, 1.807) is 14.2 Å². The van der Waals surface area contributed by atoms with Gasteiger partial charge in [-0.15, -0.1) is 0 Å². The van der Waals surface area contributed by atoms with Crippen LogP contribution in [-0.4, -0.2) is 67.7 Å². The molecule has 2 heterocycles. The monoisotopic (exact) mass is 387 g/mol. The second kappa shape index (κ2) is 8.03. The number of amides is 2. The quantitative estimate of drug-likeness (QED) is 0.749. The summed E-state index contributed by atoms with van der Waals surface area (Å²) < 4.78 is 11.1. The predicted octanol–water partition coefficient (Wildman–Crippen LogP) is 3.50. The Morgan fingerprint density at radius 2 is 1.96 bits per heavy atom. The second-order valence-electron chi connectivity index (χ2n) is 8.04. The lowest BCUT2D eigenvalue weighted by Gasteiger charge is -2.35. The van der Waals surface area contributed by atoms with Crippen molar-refractivity contribution in [3.63, 3.8) is 0 Å². The van der Waals surface area contributed by atoms with Gasteiger partial charge in [-0.1, -0.05) is 6.08 Å². The molecule has 1 atom stereocenters. The summed E-state index contributed by atoms with van der Waals surface area (Å²) in [4.78, 5) is 19.5. The molecule has 6 nitrogen and oxygen atoms in total. The van der Waals surface area contributed by atoms with Crippen molar-refractivity contribution >= 4 is 6.03 Å². The standard InChI is InChI=1S/C22H33N3O3/c1-7-25-21(26)24-15-16-13-17(27-5)14-19(28-6)18(16)9-8-10-20(24)22(25,2)11-12-23(3)4/h10,13-14H,7-9,11-12,15H2,1-6H3/b20-10-. The van der Waals surface area contributed by atoms with Crippen LogP contribution >= 0.6 is 0 Å². The fraction of sp³-hybridized carbons (Fsp3) is 0.591. The van der Waals surface area contributed by atoms with Crippen LogP contribution in [0.1, 0.15) is 37.8 Å². The van der Waals surface area contributed by atoms with E-state index in [0.29, 0.717) is 13.1 Å². The molecule has 0 spiro atoms. The van der Waals surface area contributed by atoms with Crippen molar-refractivity contribution < 1.29 is 14.3 Å². The molecule has 0 radical (unpaired) electrons. The van der Waals surface area contributed by atoms with Crippen LogP contribution in [-0.2, 0) is 13.0 Å². The summed E-state index contributed by atoms with van der Waals surface area (Å²) >= 11 is 0. The predicted molar refractivity (Wildman–Crippen MR) is 111 cm³/mol. The first kappa shape index (κ1) is 20.5. The molecule has 1 saturated heterocycles. The van der Waals surface area contributed by atoms with Gasteiger partial charge in [0.2, 0.25) is 0 Å². The number of hydrogen-bond donors (Lipinski definition) is 0. The summed E-state index contributed by atoms with van der Waals surface area (Å²) in [6.07, 6.45) is 4.94. The molecule has 3 rings (SSSR count). The SMILES string of the molecule is CCN1C(=O)N2Cc3cc(OC)cc(OC)c3CC/C=C\2C1(C)CCN(C)C. The molecule has 6 heteroatoms. The van der Waals surface area contributed by atoms with E-state index in [2.05, 4.69) is 38.9 Å². The van der Waals surface area contributed by atoms with Crippen LogP contribution in [0.2, 0.25) is 0 Å². The van der Waals surface area contributed by atoms with Gasteiger partial charge in [-0.3, -0.25) is 4.90 Å². The number of ether oxygens (including phenoxy) is 2. The summed E-state index contributed by atoms with van der Waals surface area (Å²) in [5.41, 5.74) is 3.12. The average Bonchev–Trinajstić information content (AvgIpc) is 2.84. The number of carbonyl (C=O) groups is 1. The highest BCUT2D eigenvalue weighted by atomic mass is 16.5. The Bertz CT molecular complexity index is 775. The maximum Gasteiger partial charge on any atom is 0.325 e. The van der Waals surface area contributed by atoms with Crippen molar-refractivity contribution in [2.45, 2.75) is 45.2 Å². The molecule has 0 saturated carbocycles. The fourth-order valence-corrected chi connectivity index (χ4v) is 4.48. The molecule has 1 aromatic carbocycles. The maximum absolute atomic E-state index is 13.3. The average molecular weight is 388 g/mol. The summed E-state index contributed by atoms with van der Waals surface area (Å²) in [7, 11) is 7.51.